The lowest BCUT2D eigenvalue weighted by atomic mass is 10.1. The Balaban J connectivity index is 2.35. The zero-order valence-electron chi connectivity index (χ0n) is 14.3. The molecule has 0 saturated carbocycles. The van der Waals surface area contributed by atoms with E-state index in [9.17, 15) is 13.2 Å². The van der Waals surface area contributed by atoms with Crippen LogP contribution >= 0.6 is 11.6 Å². The first-order valence-electron chi connectivity index (χ1n) is 7.78. The molecule has 0 saturated heterocycles. The van der Waals surface area contributed by atoms with E-state index in [0.29, 0.717) is 23.2 Å². The summed E-state index contributed by atoms with van der Waals surface area (Å²) >= 11 is 5.77. The van der Waals surface area contributed by atoms with Crippen LogP contribution in [0.2, 0.25) is 5.02 Å². The molecule has 0 heterocycles. The van der Waals surface area contributed by atoms with Gasteiger partial charge in [0.2, 0.25) is 10.0 Å². The maximum Gasteiger partial charge on any atom is 0.257 e. The third kappa shape index (κ3) is 8.52. The number of ether oxygens (including phenoxy) is 1. The van der Waals surface area contributed by atoms with E-state index < -0.39 is 10.0 Å². The summed E-state index contributed by atoms with van der Waals surface area (Å²) in [5, 5.41) is 3.25. The van der Waals surface area contributed by atoms with E-state index in [2.05, 4.69) is 5.32 Å². The van der Waals surface area contributed by atoms with E-state index in [4.69, 9.17) is 16.3 Å². The van der Waals surface area contributed by atoms with Crippen molar-refractivity contribution in [2.75, 3.05) is 32.5 Å². The molecule has 0 aliphatic heterocycles. The van der Waals surface area contributed by atoms with Gasteiger partial charge in [0.25, 0.3) is 5.91 Å². The Morgan fingerprint density at radius 2 is 1.88 bits per heavy atom. The van der Waals surface area contributed by atoms with Crippen molar-refractivity contribution in [1.82, 2.24) is 9.62 Å². The van der Waals surface area contributed by atoms with Gasteiger partial charge in [-0.3, -0.25) is 4.79 Å². The summed E-state index contributed by atoms with van der Waals surface area (Å²) in [5.41, 5.74) is 0. The number of benzene rings is 1. The molecular weight excluding hydrogens is 352 g/mol. The Bertz CT molecular complexity index is 617. The second kappa shape index (κ2) is 9.86. The lowest BCUT2D eigenvalue weighted by Gasteiger charge is -2.21. The summed E-state index contributed by atoms with van der Waals surface area (Å²) in [4.78, 5) is 11.8. The third-order valence-electron chi connectivity index (χ3n) is 3.29. The van der Waals surface area contributed by atoms with Crippen molar-refractivity contribution in [2.45, 2.75) is 20.3 Å². The minimum atomic E-state index is -3.28. The smallest absolute Gasteiger partial charge is 0.257 e. The number of hydrogen-bond donors (Lipinski definition) is 1. The lowest BCUT2D eigenvalue weighted by Crippen LogP contribution is -2.40. The zero-order valence-corrected chi connectivity index (χ0v) is 15.9. The number of sulfonamides is 1. The second-order valence-corrected chi connectivity index (χ2v) is 8.36. The van der Waals surface area contributed by atoms with Crippen LogP contribution in [-0.2, 0) is 14.8 Å². The van der Waals surface area contributed by atoms with Crippen LogP contribution < -0.4 is 10.1 Å². The van der Waals surface area contributed by atoms with Crippen LogP contribution in [0, 0.1) is 5.92 Å². The highest BCUT2D eigenvalue weighted by molar-refractivity contribution is 7.88. The summed E-state index contributed by atoms with van der Waals surface area (Å²) in [5.74, 6) is 0.656. The first-order chi connectivity index (χ1) is 11.2. The molecule has 1 aromatic carbocycles. The van der Waals surface area contributed by atoms with Crippen molar-refractivity contribution in [3.05, 3.63) is 29.3 Å². The molecule has 1 N–H and O–H groups in total. The van der Waals surface area contributed by atoms with Crippen molar-refractivity contribution < 1.29 is 17.9 Å². The Hall–Kier alpha value is -1.31. The average Bonchev–Trinajstić information content (AvgIpc) is 2.48. The predicted molar refractivity (Wildman–Crippen MR) is 95.8 cm³/mol. The van der Waals surface area contributed by atoms with Crippen LogP contribution in [-0.4, -0.2) is 51.1 Å². The molecular formula is C16H25ClN2O4S. The van der Waals surface area contributed by atoms with Crippen LogP contribution in [0.25, 0.3) is 0 Å². The summed E-state index contributed by atoms with van der Waals surface area (Å²) in [6, 6.07) is 6.70. The first-order valence-corrected chi connectivity index (χ1v) is 10.0. The molecule has 136 valence electrons. The third-order valence-corrected chi connectivity index (χ3v) is 4.85. The number of halogens is 1. The summed E-state index contributed by atoms with van der Waals surface area (Å²) in [6.45, 7) is 4.89. The molecule has 8 heteroatoms. The largest absolute Gasteiger partial charge is 0.484 e. The minimum absolute atomic E-state index is 0.132. The maximum absolute atomic E-state index is 11.8. The SMILES string of the molecule is CC(C)CCN(CCNC(=O)COc1ccc(Cl)cc1)S(C)(=O)=O. The minimum Gasteiger partial charge on any atom is -0.484 e. The molecule has 0 fully saturated rings. The molecule has 0 aliphatic rings. The Morgan fingerprint density at radius 3 is 2.42 bits per heavy atom. The van der Waals surface area contributed by atoms with Gasteiger partial charge < -0.3 is 10.1 Å². The van der Waals surface area contributed by atoms with Crippen molar-refractivity contribution in [2.24, 2.45) is 5.92 Å². The number of carbonyl (C=O) groups is 1. The number of rotatable bonds is 10. The van der Waals surface area contributed by atoms with Crippen LogP contribution in [0.4, 0.5) is 0 Å². The molecule has 1 aromatic rings. The lowest BCUT2D eigenvalue weighted by molar-refractivity contribution is -0.123. The molecule has 0 aliphatic carbocycles. The second-order valence-electron chi connectivity index (χ2n) is 5.94. The first kappa shape index (κ1) is 20.7. The standard InChI is InChI=1S/C16H25ClN2O4S/c1-13(2)8-10-19(24(3,21)22)11-9-18-16(20)12-23-15-6-4-14(17)5-7-15/h4-7,13H,8-12H2,1-3H3,(H,18,20). The van der Waals surface area contributed by atoms with Gasteiger partial charge in [0.1, 0.15) is 5.75 Å². The fraction of sp³-hybridized carbons (Fsp3) is 0.562. The van der Waals surface area contributed by atoms with E-state index in [1.807, 2.05) is 13.8 Å². The van der Waals surface area contributed by atoms with Gasteiger partial charge in [0.15, 0.2) is 6.61 Å². The van der Waals surface area contributed by atoms with E-state index in [1.54, 1.807) is 24.3 Å². The van der Waals surface area contributed by atoms with Crippen molar-refractivity contribution in [3.63, 3.8) is 0 Å². The van der Waals surface area contributed by atoms with Gasteiger partial charge in [-0.15, -0.1) is 0 Å². The van der Waals surface area contributed by atoms with E-state index >= 15 is 0 Å². The Morgan fingerprint density at radius 1 is 1.25 bits per heavy atom. The highest BCUT2D eigenvalue weighted by Gasteiger charge is 2.16. The number of carbonyl (C=O) groups excluding carboxylic acids is 1. The van der Waals surface area contributed by atoms with Crippen molar-refractivity contribution in [1.29, 1.82) is 0 Å². The van der Waals surface area contributed by atoms with E-state index in [1.165, 1.54) is 10.6 Å². The molecule has 0 atom stereocenters. The van der Waals surface area contributed by atoms with Gasteiger partial charge in [-0.2, -0.15) is 0 Å². The van der Waals surface area contributed by atoms with Crippen molar-refractivity contribution >= 4 is 27.5 Å². The molecule has 1 rings (SSSR count). The average molecular weight is 377 g/mol. The van der Waals surface area contributed by atoms with Gasteiger partial charge in [0.05, 0.1) is 6.26 Å². The highest BCUT2D eigenvalue weighted by Crippen LogP contribution is 2.15. The van der Waals surface area contributed by atoms with E-state index in [0.717, 1.165) is 6.42 Å². The molecule has 24 heavy (non-hydrogen) atoms. The topological polar surface area (TPSA) is 75.7 Å². The molecule has 0 aromatic heterocycles. The van der Waals surface area contributed by atoms with Gasteiger partial charge >= 0.3 is 0 Å². The predicted octanol–water partition coefficient (Wildman–Crippen LogP) is 2.14. The zero-order chi connectivity index (χ0) is 18.2. The monoisotopic (exact) mass is 376 g/mol. The van der Waals surface area contributed by atoms with Crippen LogP contribution in [0.15, 0.2) is 24.3 Å². The van der Waals surface area contributed by atoms with Crippen LogP contribution in [0.3, 0.4) is 0 Å². The number of hydrogen-bond acceptors (Lipinski definition) is 4. The molecule has 0 unspecified atom stereocenters. The van der Waals surface area contributed by atoms with Gasteiger partial charge in [-0.1, -0.05) is 25.4 Å². The quantitative estimate of drug-likeness (QED) is 0.678. The van der Waals surface area contributed by atoms with E-state index in [-0.39, 0.29) is 25.6 Å². The Kier molecular flexibility index (Phi) is 8.52. The molecule has 6 nitrogen and oxygen atoms in total. The van der Waals surface area contributed by atoms with Gasteiger partial charge in [-0.05, 0) is 36.6 Å². The Labute approximate surface area is 149 Å². The van der Waals surface area contributed by atoms with Gasteiger partial charge in [0, 0.05) is 24.7 Å². The fourth-order valence-corrected chi connectivity index (χ4v) is 2.88. The molecule has 0 bridgehead atoms. The summed E-state index contributed by atoms with van der Waals surface area (Å²) in [7, 11) is -3.28. The summed E-state index contributed by atoms with van der Waals surface area (Å²) < 4.78 is 30.2. The maximum atomic E-state index is 11.8. The van der Waals surface area contributed by atoms with Crippen LogP contribution in [0.5, 0.6) is 5.75 Å². The number of nitrogens with one attached hydrogen (secondary N) is 1. The number of amides is 1. The van der Waals surface area contributed by atoms with Crippen LogP contribution in [0.1, 0.15) is 20.3 Å². The fourth-order valence-electron chi connectivity index (χ4n) is 1.90. The molecule has 1 amide bonds. The summed E-state index contributed by atoms with van der Waals surface area (Å²) in [6.07, 6.45) is 1.96. The molecule has 0 spiro atoms. The molecule has 0 radical (unpaired) electrons. The normalized spacial score (nSPS) is 11.8. The number of nitrogens with zero attached hydrogens (tertiary/aromatic N) is 1. The highest BCUT2D eigenvalue weighted by atomic mass is 35.5. The van der Waals surface area contributed by atoms with Crippen molar-refractivity contribution in [3.8, 4) is 5.75 Å². The van der Waals surface area contributed by atoms with Gasteiger partial charge in [-0.25, -0.2) is 12.7 Å².